The lowest BCUT2D eigenvalue weighted by Crippen LogP contribution is -2.38. The monoisotopic (exact) mass is 497 g/mol. The van der Waals surface area contributed by atoms with Gasteiger partial charge in [0.1, 0.15) is 0 Å². The van der Waals surface area contributed by atoms with Crippen molar-refractivity contribution in [1.82, 2.24) is 0 Å². The van der Waals surface area contributed by atoms with Crippen molar-refractivity contribution in [3.05, 3.63) is 95.3 Å². The Morgan fingerprint density at radius 2 is 1.71 bits per heavy atom. The summed E-state index contributed by atoms with van der Waals surface area (Å²) in [6.07, 6.45) is 5.20. The molecule has 3 nitrogen and oxygen atoms in total. The molecule has 35 heavy (non-hydrogen) atoms. The molecule has 0 saturated heterocycles. The van der Waals surface area contributed by atoms with Crippen LogP contribution in [0.25, 0.3) is 11.5 Å². The molecule has 1 heterocycles. The maximum absolute atomic E-state index is 13.2. The Labute approximate surface area is 208 Å². The van der Waals surface area contributed by atoms with Crippen molar-refractivity contribution in [2.24, 2.45) is 0 Å². The highest BCUT2D eigenvalue weighted by Crippen LogP contribution is 2.34. The van der Waals surface area contributed by atoms with Crippen LogP contribution in [0.4, 0.5) is 18.9 Å². The van der Waals surface area contributed by atoms with Crippen molar-refractivity contribution >= 4 is 34.3 Å². The molecule has 0 amide bonds. The maximum Gasteiger partial charge on any atom is 0.416 e. The van der Waals surface area contributed by atoms with Gasteiger partial charge in [-0.15, -0.1) is 0 Å². The molecule has 0 radical (unpaired) electrons. The summed E-state index contributed by atoms with van der Waals surface area (Å²) in [7, 11) is 0. The molecule has 3 aromatic rings. The summed E-state index contributed by atoms with van der Waals surface area (Å²) in [6, 6.07) is 16.4. The Morgan fingerprint density at radius 3 is 2.37 bits per heavy atom. The minimum Gasteiger partial charge on any atom is -0.502 e. The fourth-order valence-corrected chi connectivity index (χ4v) is 4.85. The van der Waals surface area contributed by atoms with Crippen LogP contribution in [0.5, 0.6) is 0 Å². The molecule has 0 atom stereocenters. The lowest BCUT2D eigenvalue weighted by atomic mass is 9.84. The Hall–Kier alpha value is -3.19. The second-order valence-corrected chi connectivity index (χ2v) is 9.38. The van der Waals surface area contributed by atoms with Crippen LogP contribution in [0.2, 0.25) is 0 Å². The number of thiocarbonyl (C=S) groups is 1. The molecule has 4 rings (SSSR count). The van der Waals surface area contributed by atoms with E-state index in [0.717, 1.165) is 17.7 Å². The first kappa shape index (κ1) is 24.9. The predicted octanol–water partition coefficient (Wildman–Crippen LogP) is 7.67. The predicted molar refractivity (Wildman–Crippen MR) is 137 cm³/mol. The van der Waals surface area contributed by atoms with Gasteiger partial charge in [0.2, 0.25) is 0 Å². The van der Waals surface area contributed by atoms with Crippen LogP contribution >= 0.6 is 12.2 Å². The van der Waals surface area contributed by atoms with Crippen LogP contribution in [0.3, 0.4) is 0 Å². The summed E-state index contributed by atoms with van der Waals surface area (Å²) in [5, 5.41) is 14.2. The van der Waals surface area contributed by atoms with Gasteiger partial charge in [-0.25, -0.2) is 0 Å². The van der Waals surface area contributed by atoms with E-state index in [-0.39, 0.29) is 22.1 Å². The quantitative estimate of drug-likeness (QED) is 0.164. The van der Waals surface area contributed by atoms with Crippen molar-refractivity contribution < 1.29 is 22.8 Å². The molecule has 1 saturated carbocycles. The second kappa shape index (κ2) is 10.6. The van der Waals surface area contributed by atoms with E-state index in [1.807, 2.05) is 49.5 Å². The van der Waals surface area contributed by atoms with E-state index in [1.54, 1.807) is 10.8 Å². The van der Waals surface area contributed by atoms with Crippen LogP contribution in [0.1, 0.15) is 60.3 Å². The summed E-state index contributed by atoms with van der Waals surface area (Å²) in [5.41, 5.74) is 2.48. The lowest BCUT2D eigenvalue weighted by Gasteiger charge is -2.22. The van der Waals surface area contributed by atoms with E-state index >= 15 is 0 Å². The normalized spacial score (nSPS) is 15.4. The van der Waals surface area contributed by atoms with Gasteiger partial charge in [-0.3, -0.25) is 0 Å². The number of pyridine rings is 1. The molecule has 7 heteroatoms. The highest BCUT2D eigenvalue weighted by molar-refractivity contribution is 7.81. The first-order valence-corrected chi connectivity index (χ1v) is 12.1. The molecule has 0 aliphatic heterocycles. The second-order valence-electron chi connectivity index (χ2n) is 8.98. The van der Waals surface area contributed by atoms with Gasteiger partial charge >= 0.3 is 6.18 Å². The van der Waals surface area contributed by atoms with Gasteiger partial charge in [0, 0.05) is 22.9 Å². The topological polar surface area (TPSA) is 36.1 Å². The molecule has 0 bridgehead atoms. The number of halogens is 3. The van der Waals surface area contributed by atoms with Gasteiger partial charge in [-0.2, -0.15) is 17.7 Å². The van der Waals surface area contributed by atoms with E-state index in [9.17, 15) is 18.3 Å². The number of aliphatic hydroxyl groups excluding tert-OH is 1. The van der Waals surface area contributed by atoms with Gasteiger partial charge in [0.05, 0.1) is 5.56 Å². The number of benzene rings is 2. The Kier molecular flexibility index (Phi) is 7.55. The molecule has 182 valence electrons. The van der Waals surface area contributed by atoms with Crippen molar-refractivity contribution in [2.45, 2.75) is 51.1 Å². The van der Waals surface area contributed by atoms with E-state index < -0.39 is 11.7 Å². The van der Waals surface area contributed by atoms with Gasteiger partial charge in [-0.05, 0) is 55.5 Å². The highest BCUT2D eigenvalue weighted by Gasteiger charge is 2.31. The zero-order chi connectivity index (χ0) is 25.0. The molecule has 0 spiro atoms. The molecular weight excluding hydrogens is 469 g/mol. The number of hydrogen-bond donors (Lipinski definition) is 2. The van der Waals surface area contributed by atoms with E-state index in [1.165, 1.54) is 49.8 Å². The SMILES string of the molecule is Cc1ccc[n+](/C(C(=S)Nc2cccc(C(F)(F)F)c2)=C(/O)c2ccc(C3CCCCC3)cc2)c1. The number of hydrogen-bond acceptors (Lipinski definition) is 2. The average Bonchev–Trinajstić information content (AvgIpc) is 2.84. The number of aliphatic hydroxyl groups is 1. The van der Waals surface area contributed by atoms with Crippen molar-refractivity contribution in [3.8, 4) is 0 Å². The fraction of sp³-hybridized carbons (Fsp3) is 0.286. The van der Waals surface area contributed by atoms with E-state index in [2.05, 4.69) is 5.32 Å². The zero-order valence-corrected chi connectivity index (χ0v) is 20.3. The smallest absolute Gasteiger partial charge is 0.416 e. The number of aryl methyl sites for hydroxylation is 1. The third kappa shape index (κ3) is 6.09. The number of nitrogens with one attached hydrogen (secondary N) is 1. The summed E-state index contributed by atoms with van der Waals surface area (Å²) < 4.78 is 41.2. The number of aromatic nitrogens is 1. The summed E-state index contributed by atoms with van der Waals surface area (Å²) >= 11 is 5.59. The number of nitrogens with zero attached hydrogens (tertiary/aromatic N) is 1. The van der Waals surface area contributed by atoms with Gasteiger partial charge in [-0.1, -0.05) is 61.8 Å². The van der Waals surface area contributed by atoms with E-state index in [0.29, 0.717) is 11.5 Å². The first-order valence-electron chi connectivity index (χ1n) is 11.7. The number of anilines is 1. The summed E-state index contributed by atoms with van der Waals surface area (Å²) in [5.74, 6) is 0.485. The molecule has 1 aromatic heterocycles. The average molecular weight is 498 g/mol. The first-order chi connectivity index (χ1) is 16.7. The Bertz CT molecular complexity index is 1230. The van der Waals surface area contributed by atoms with Crippen LogP contribution in [-0.4, -0.2) is 10.1 Å². The molecular formula is C28H28F3N2OS+. The fourth-order valence-electron chi connectivity index (χ4n) is 4.53. The maximum atomic E-state index is 13.2. The summed E-state index contributed by atoms with van der Waals surface area (Å²) in [4.78, 5) is 0.105. The zero-order valence-electron chi connectivity index (χ0n) is 19.5. The third-order valence-electron chi connectivity index (χ3n) is 6.35. The Morgan fingerprint density at radius 1 is 1.00 bits per heavy atom. The molecule has 0 unspecified atom stereocenters. The standard InChI is InChI=1S/C28H27F3N2OS/c1-19-7-6-16-33(18-19)25(27(35)32-24-11-5-10-23(17-24)28(29,30)31)26(34)22-14-12-21(13-15-22)20-8-3-2-4-9-20/h5-7,10-18,20H,2-4,8-9H2,1H3,(H-,32,34,35)/p+1. The molecule has 1 aliphatic carbocycles. The van der Waals surface area contributed by atoms with Crippen molar-refractivity contribution in [1.29, 1.82) is 0 Å². The van der Waals surface area contributed by atoms with Crippen LogP contribution in [-0.2, 0) is 6.18 Å². The third-order valence-corrected chi connectivity index (χ3v) is 6.65. The van der Waals surface area contributed by atoms with Gasteiger partial charge in [0.15, 0.2) is 23.1 Å². The molecule has 2 N–H and O–H groups in total. The van der Waals surface area contributed by atoms with Crippen LogP contribution in [0.15, 0.2) is 73.1 Å². The minimum absolute atomic E-state index is 0.0553. The largest absolute Gasteiger partial charge is 0.502 e. The van der Waals surface area contributed by atoms with Gasteiger partial charge in [0.25, 0.3) is 5.70 Å². The van der Waals surface area contributed by atoms with Crippen molar-refractivity contribution in [2.75, 3.05) is 5.32 Å². The molecule has 2 aromatic carbocycles. The van der Waals surface area contributed by atoms with E-state index in [4.69, 9.17) is 12.2 Å². The van der Waals surface area contributed by atoms with Crippen LogP contribution < -0.4 is 9.88 Å². The van der Waals surface area contributed by atoms with Crippen LogP contribution in [0, 0.1) is 6.92 Å². The minimum atomic E-state index is -4.47. The molecule has 1 aliphatic rings. The van der Waals surface area contributed by atoms with Gasteiger partial charge < -0.3 is 10.4 Å². The molecule has 1 fully saturated rings. The number of rotatable bonds is 5. The lowest BCUT2D eigenvalue weighted by molar-refractivity contribution is -0.576. The highest BCUT2D eigenvalue weighted by atomic mass is 32.1. The number of alkyl halides is 3. The Balaban J connectivity index is 1.69. The summed E-state index contributed by atoms with van der Waals surface area (Å²) in [6.45, 7) is 1.91. The van der Waals surface area contributed by atoms with Crippen molar-refractivity contribution in [3.63, 3.8) is 0 Å².